The molecule has 1 aromatic carbocycles. The number of likely N-dealkylation sites (tertiary alicyclic amines) is 1. The molecule has 8 nitrogen and oxygen atoms in total. The minimum Gasteiger partial charge on any atom is -0.465 e. The van der Waals surface area contributed by atoms with E-state index in [-0.39, 0.29) is 36.2 Å². The quantitative estimate of drug-likeness (QED) is 0.671. The number of carboxylic acid groups (broad SMARTS) is 1. The number of nitrogens with one attached hydrogen (secondary N) is 1. The number of piperidine rings is 1. The molecule has 4 N–H and O–H groups in total. The molecule has 1 saturated heterocycles. The first-order chi connectivity index (χ1) is 12.9. The molecule has 28 heavy (non-hydrogen) atoms. The molecule has 152 valence electrons. The topological polar surface area (TPSA) is 122 Å². The number of rotatable bonds is 2. The Morgan fingerprint density at radius 2 is 2.00 bits per heavy atom. The summed E-state index contributed by atoms with van der Waals surface area (Å²) in [5.74, 6) is -2.59. The first-order valence-electron chi connectivity index (χ1n) is 8.77. The van der Waals surface area contributed by atoms with Crippen LogP contribution in [0.5, 0.6) is 0 Å². The molecule has 0 aliphatic carbocycles. The molecule has 3 rings (SSSR count). The molecule has 2 unspecified atom stereocenters. The summed E-state index contributed by atoms with van der Waals surface area (Å²) in [6, 6.07) is 1.88. The van der Waals surface area contributed by atoms with E-state index in [0.717, 1.165) is 17.0 Å². The summed E-state index contributed by atoms with van der Waals surface area (Å²) < 4.78 is 32.7. The maximum absolute atomic E-state index is 13.6. The third-order valence-corrected chi connectivity index (χ3v) is 4.75. The lowest BCUT2D eigenvalue weighted by molar-refractivity contribution is -0.165. The number of nitrogens with zero attached hydrogens (tertiary/aromatic N) is 2. The van der Waals surface area contributed by atoms with Crippen LogP contribution in [-0.4, -0.2) is 50.3 Å². The fourth-order valence-electron chi connectivity index (χ4n) is 3.39. The summed E-state index contributed by atoms with van der Waals surface area (Å²) in [5, 5.41) is 9.27. The normalized spacial score (nSPS) is 23.1. The van der Waals surface area contributed by atoms with Gasteiger partial charge in [0.25, 0.3) is 0 Å². The zero-order valence-corrected chi connectivity index (χ0v) is 15.8. The number of hydrogen-bond donors (Lipinski definition) is 3. The van der Waals surface area contributed by atoms with E-state index in [1.807, 2.05) is 0 Å². The van der Waals surface area contributed by atoms with Gasteiger partial charge in [0.15, 0.2) is 11.6 Å². The largest absolute Gasteiger partial charge is 0.465 e. The van der Waals surface area contributed by atoms with Gasteiger partial charge in [-0.3, -0.25) is 9.69 Å². The molecule has 0 radical (unpaired) electrons. The molecule has 0 spiro atoms. The summed E-state index contributed by atoms with van der Waals surface area (Å²) in [6.45, 7) is 5.09. The summed E-state index contributed by atoms with van der Waals surface area (Å²) >= 11 is 0. The lowest BCUT2D eigenvalue weighted by atomic mass is 9.76. The number of fused-ring (bicyclic) bond motifs is 1. The SMILES string of the molecule is CC(C)(C)OC(=O)C1(c2nc3cc(F)c(F)cc3[nH]2)CCN(C(=O)O)C(N)C1. The molecule has 2 heterocycles. The van der Waals surface area contributed by atoms with Gasteiger partial charge in [0, 0.05) is 25.1 Å². The first-order valence-corrected chi connectivity index (χ1v) is 8.77. The van der Waals surface area contributed by atoms with Crippen molar-refractivity contribution in [2.75, 3.05) is 6.54 Å². The monoisotopic (exact) mass is 396 g/mol. The highest BCUT2D eigenvalue weighted by Gasteiger charge is 2.51. The molecular formula is C18H22F2N4O4. The fraction of sp³-hybridized carbons (Fsp3) is 0.500. The van der Waals surface area contributed by atoms with Gasteiger partial charge in [-0.25, -0.2) is 18.6 Å². The van der Waals surface area contributed by atoms with Gasteiger partial charge in [-0.15, -0.1) is 0 Å². The molecule has 0 bridgehead atoms. The van der Waals surface area contributed by atoms with Crippen molar-refractivity contribution in [2.45, 2.75) is 50.8 Å². The van der Waals surface area contributed by atoms with Crippen molar-refractivity contribution in [3.05, 3.63) is 29.6 Å². The van der Waals surface area contributed by atoms with Gasteiger partial charge in [-0.05, 0) is 27.2 Å². The molecule has 2 aromatic rings. The van der Waals surface area contributed by atoms with Gasteiger partial charge in [-0.2, -0.15) is 0 Å². The van der Waals surface area contributed by atoms with Crippen molar-refractivity contribution in [3.63, 3.8) is 0 Å². The number of carbonyl (C=O) groups is 2. The molecule has 10 heteroatoms. The van der Waals surface area contributed by atoms with Crippen molar-refractivity contribution in [2.24, 2.45) is 5.73 Å². The highest BCUT2D eigenvalue weighted by atomic mass is 19.2. The van der Waals surface area contributed by atoms with Crippen molar-refractivity contribution < 1.29 is 28.2 Å². The Balaban J connectivity index is 2.09. The standard InChI is InChI=1S/C18H22F2N4O4/c1-17(2,3)28-15(25)18(4-5-24(16(26)27)13(21)8-18)14-22-11-6-9(19)10(20)7-12(11)23-14/h6-7,13H,4-5,8,21H2,1-3H3,(H,22,23)(H,26,27). The number of hydrogen-bond acceptors (Lipinski definition) is 5. The van der Waals surface area contributed by atoms with Crippen LogP contribution in [0.4, 0.5) is 13.6 Å². The number of amides is 1. The van der Waals surface area contributed by atoms with Crippen molar-refractivity contribution >= 4 is 23.1 Å². The number of esters is 1. The highest BCUT2D eigenvalue weighted by molar-refractivity contribution is 5.85. The van der Waals surface area contributed by atoms with Gasteiger partial charge >= 0.3 is 12.1 Å². The minimum atomic E-state index is -1.37. The summed E-state index contributed by atoms with van der Waals surface area (Å²) in [4.78, 5) is 32.6. The van der Waals surface area contributed by atoms with Gasteiger partial charge in [0.2, 0.25) is 0 Å². The number of benzene rings is 1. The Hall–Kier alpha value is -2.75. The van der Waals surface area contributed by atoms with Crippen molar-refractivity contribution in [1.29, 1.82) is 0 Å². The molecule has 2 atom stereocenters. The number of ether oxygens (including phenoxy) is 1. The van der Waals surface area contributed by atoms with Crippen LogP contribution in [0.25, 0.3) is 11.0 Å². The van der Waals surface area contributed by atoms with E-state index in [9.17, 15) is 23.5 Å². The Morgan fingerprint density at radius 1 is 1.36 bits per heavy atom. The zero-order valence-electron chi connectivity index (χ0n) is 15.8. The zero-order chi connectivity index (χ0) is 20.9. The predicted molar refractivity (Wildman–Crippen MR) is 95.5 cm³/mol. The number of halogens is 2. The number of nitrogens with two attached hydrogens (primary N) is 1. The van der Waals surface area contributed by atoms with E-state index in [1.54, 1.807) is 20.8 Å². The number of imidazole rings is 1. The minimum absolute atomic E-state index is 0.0183. The molecule has 1 aliphatic rings. The van der Waals surface area contributed by atoms with Crippen LogP contribution >= 0.6 is 0 Å². The van der Waals surface area contributed by atoms with Crippen LogP contribution in [0.2, 0.25) is 0 Å². The van der Waals surface area contributed by atoms with Gasteiger partial charge in [0.1, 0.15) is 16.8 Å². The van der Waals surface area contributed by atoms with Crippen LogP contribution < -0.4 is 5.73 Å². The number of aromatic amines is 1. The van der Waals surface area contributed by atoms with Crippen molar-refractivity contribution in [3.8, 4) is 0 Å². The molecule has 0 saturated carbocycles. The lowest BCUT2D eigenvalue weighted by Gasteiger charge is -2.42. The van der Waals surface area contributed by atoms with E-state index in [4.69, 9.17) is 10.5 Å². The maximum Gasteiger partial charge on any atom is 0.408 e. The molecular weight excluding hydrogens is 374 g/mol. The Kier molecular flexibility index (Phi) is 4.78. The summed E-state index contributed by atoms with van der Waals surface area (Å²) in [6.07, 6.45) is -2.19. The highest BCUT2D eigenvalue weighted by Crippen LogP contribution is 2.39. The van der Waals surface area contributed by atoms with Crippen LogP contribution in [0.1, 0.15) is 39.4 Å². The summed E-state index contributed by atoms with van der Waals surface area (Å²) in [5.41, 5.74) is 4.20. The Bertz CT molecular complexity index is 901. The van der Waals surface area contributed by atoms with E-state index in [1.165, 1.54) is 0 Å². The number of aromatic nitrogens is 2. The van der Waals surface area contributed by atoms with E-state index in [0.29, 0.717) is 0 Å². The molecule has 1 amide bonds. The Labute approximate surface area is 159 Å². The van der Waals surface area contributed by atoms with Gasteiger partial charge in [-0.1, -0.05) is 0 Å². The average molecular weight is 396 g/mol. The number of carbonyl (C=O) groups excluding carboxylic acids is 1. The van der Waals surface area contributed by atoms with Crippen LogP contribution in [0, 0.1) is 11.6 Å². The lowest BCUT2D eigenvalue weighted by Crippen LogP contribution is -2.58. The number of H-pyrrole nitrogens is 1. The smallest absolute Gasteiger partial charge is 0.408 e. The summed E-state index contributed by atoms with van der Waals surface area (Å²) in [7, 11) is 0. The third kappa shape index (κ3) is 3.51. The second kappa shape index (κ2) is 6.69. The second-order valence-electron chi connectivity index (χ2n) is 7.95. The van der Waals surface area contributed by atoms with Gasteiger partial charge in [0.05, 0.1) is 17.2 Å². The van der Waals surface area contributed by atoms with Crippen LogP contribution in [0.3, 0.4) is 0 Å². The molecule has 1 fully saturated rings. The molecule has 1 aliphatic heterocycles. The maximum atomic E-state index is 13.6. The second-order valence-corrected chi connectivity index (χ2v) is 7.95. The van der Waals surface area contributed by atoms with E-state index < -0.39 is 40.9 Å². The van der Waals surface area contributed by atoms with E-state index in [2.05, 4.69) is 9.97 Å². The fourth-order valence-corrected chi connectivity index (χ4v) is 3.39. The molecule has 1 aromatic heterocycles. The Morgan fingerprint density at radius 3 is 2.57 bits per heavy atom. The third-order valence-electron chi connectivity index (χ3n) is 4.75. The van der Waals surface area contributed by atoms with Crippen LogP contribution in [0.15, 0.2) is 12.1 Å². The van der Waals surface area contributed by atoms with Crippen molar-refractivity contribution in [1.82, 2.24) is 14.9 Å². The van der Waals surface area contributed by atoms with Crippen LogP contribution in [-0.2, 0) is 14.9 Å². The predicted octanol–water partition coefficient (Wildman–Crippen LogP) is 2.48. The average Bonchev–Trinajstić information content (AvgIpc) is 2.96. The first kappa shape index (κ1) is 20.0. The van der Waals surface area contributed by atoms with Gasteiger partial charge < -0.3 is 20.6 Å². The van der Waals surface area contributed by atoms with E-state index >= 15 is 0 Å².